The van der Waals surface area contributed by atoms with E-state index in [4.69, 9.17) is 10.2 Å². The molecule has 8 nitrogen and oxygen atoms in total. The molecule has 0 aromatic carbocycles. The molecular formula is C16H35KO8S2. The van der Waals surface area contributed by atoms with Crippen molar-refractivity contribution in [3.8, 4) is 0 Å². The van der Waals surface area contributed by atoms with Gasteiger partial charge in [-0.25, -0.2) is 8.42 Å². The fourth-order valence-corrected chi connectivity index (χ4v) is 4.16. The normalized spacial score (nSPS) is 11.4. The minimum absolute atomic E-state index is 0. The van der Waals surface area contributed by atoms with Crippen molar-refractivity contribution in [1.29, 1.82) is 0 Å². The van der Waals surface area contributed by atoms with Crippen LogP contribution in [0.3, 0.4) is 0 Å². The average Bonchev–Trinajstić information content (AvgIpc) is 2.58. The molecule has 0 saturated heterocycles. The van der Waals surface area contributed by atoms with Crippen molar-refractivity contribution in [2.24, 2.45) is 0 Å². The Morgan fingerprint density at radius 3 is 1.52 bits per heavy atom. The number of unbranched alkanes of at least 4 members (excludes halogenated alkanes) is 9. The Morgan fingerprint density at radius 2 is 1.15 bits per heavy atom. The first-order chi connectivity index (χ1) is 12.2. The van der Waals surface area contributed by atoms with Crippen LogP contribution in [0.2, 0.25) is 0 Å². The van der Waals surface area contributed by atoms with Crippen LogP contribution in [0.1, 0.15) is 71.1 Å². The van der Waals surface area contributed by atoms with Crippen molar-refractivity contribution in [2.45, 2.75) is 71.1 Å². The van der Waals surface area contributed by atoms with Gasteiger partial charge in [-0.2, -0.15) is 8.42 Å². The van der Waals surface area contributed by atoms with Crippen LogP contribution in [-0.4, -0.2) is 62.9 Å². The summed E-state index contributed by atoms with van der Waals surface area (Å²) in [4.78, 5) is 0. The molecule has 0 aliphatic carbocycles. The molecule has 11 heteroatoms. The van der Waals surface area contributed by atoms with Gasteiger partial charge in [0, 0.05) is 0 Å². The number of hydrogen-bond donors (Lipinski definition) is 2. The number of aliphatic hydroxyl groups excluding tert-OH is 2. The Morgan fingerprint density at radius 1 is 0.741 bits per heavy atom. The van der Waals surface area contributed by atoms with Crippen LogP contribution >= 0.6 is 0 Å². The number of rotatable bonds is 16. The predicted molar refractivity (Wildman–Crippen MR) is 100 cm³/mol. The van der Waals surface area contributed by atoms with E-state index in [1.54, 1.807) is 0 Å². The van der Waals surface area contributed by atoms with Crippen molar-refractivity contribution in [3.05, 3.63) is 0 Å². The Balaban J connectivity index is -0.00000104. The fraction of sp³-hybridized carbons (Fsp3) is 1.00. The van der Waals surface area contributed by atoms with Crippen molar-refractivity contribution in [1.82, 2.24) is 0 Å². The van der Waals surface area contributed by atoms with Crippen LogP contribution in [0.25, 0.3) is 0 Å². The maximum atomic E-state index is 11.3. The van der Waals surface area contributed by atoms with Gasteiger partial charge < -0.3 is 14.8 Å². The second-order valence-electron chi connectivity index (χ2n) is 5.97. The minimum atomic E-state index is -4.52. The second-order valence-corrected chi connectivity index (χ2v) is 9.26. The summed E-state index contributed by atoms with van der Waals surface area (Å²) in [5, 5.41) is 15.2. The van der Waals surface area contributed by atoms with Gasteiger partial charge in [-0.05, 0) is 6.42 Å². The van der Waals surface area contributed by atoms with Gasteiger partial charge in [0.05, 0.1) is 41.4 Å². The molecule has 0 aliphatic rings. The van der Waals surface area contributed by atoms with Crippen molar-refractivity contribution < 1.29 is 87.2 Å². The molecule has 0 rings (SSSR count). The van der Waals surface area contributed by atoms with Crippen molar-refractivity contribution in [3.63, 3.8) is 0 Å². The zero-order valence-electron chi connectivity index (χ0n) is 16.8. The van der Waals surface area contributed by atoms with Gasteiger partial charge in [0.1, 0.15) is 0 Å². The SMILES string of the molecule is CCCCCCCCCCCCOS(=O)(=O)CCS(=O)(=O)[O-].OCCO.[K+]. The summed E-state index contributed by atoms with van der Waals surface area (Å²) in [6.07, 6.45) is 11.3. The van der Waals surface area contributed by atoms with E-state index >= 15 is 0 Å². The summed E-state index contributed by atoms with van der Waals surface area (Å²) < 4.78 is 58.4. The van der Waals surface area contributed by atoms with Gasteiger partial charge in [-0.1, -0.05) is 64.7 Å². The summed E-state index contributed by atoms with van der Waals surface area (Å²) in [6, 6.07) is 0. The van der Waals surface area contributed by atoms with E-state index in [9.17, 15) is 21.4 Å². The minimum Gasteiger partial charge on any atom is -0.748 e. The Bertz CT molecular complexity index is 493. The maximum Gasteiger partial charge on any atom is 1.00 e. The van der Waals surface area contributed by atoms with E-state index in [0.717, 1.165) is 19.3 Å². The molecule has 0 spiro atoms. The van der Waals surface area contributed by atoms with Gasteiger partial charge in [-0.3, -0.25) is 4.18 Å². The van der Waals surface area contributed by atoms with E-state index in [-0.39, 0.29) is 71.2 Å². The summed E-state index contributed by atoms with van der Waals surface area (Å²) in [7, 11) is -8.42. The average molecular weight is 459 g/mol. The van der Waals surface area contributed by atoms with Gasteiger partial charge in [-0.15, -0.1) is 0 Å². The molecule has 0 saturated carbocycles. The first kappa shape index (κ1) is 33.0. The zero-order valence-corrected chi connectivity index (χ0v) is 21.5. The van der Waals surface area contributed by atoms with E-state index in [1.165, 1.54) is 38.5 Å². The molecule has 0 aromatic rings. The predicted octanol–water partition coefficient (Wildman–Crippen LogP) is -1.23. The standard InChI is InChI=1S/C14H30O6S2.C2H6O2.K/c1-2-3-4-5-6-7-8-9-10-11-12-20-22(18,19)14-13-21(15,16)17;3-1-2-4;/h2-14H2,1H3,(H,15,16,17);3-4H,1-2H2;/q;;+1/p-1. The summed E-state index contributed by atoms with van der Waals surface area (Å²) in [5.74, 6) is -1.70. The molecule has 27 heavy (non-hydrogen) atoms. The summed E-state index contributed by atoms with van der Waals surface area (Å²) >= 11 is 0. The van der Waals surface area contributed by atoms with E-state index < -0.39 is 31.7 Å². The largest absolute Gasteiger partial charge is 1.00 e. The first-order valence-corrected chi connectivity index (χ1v) is 12.4. The first-order valence-electron chi connectivity index (χ1n) is 9.21. The molecule has 0 atom stereocenters. The van der Waals surface area contributed by atoms with E-state index in [0.29, 0.717) is 6.42 Å². The number of hydrogen-bond acceptors (Lipinski definition) is 8. The van der Waals surface area contributed by atoms with E-state index in [1.807, 2.05) is 0 Å². The van der Waals surface area contributed by atoms with Gasteiger partial charge in [0.2, 0.25) is 0 Å². The molecule has 0 amide bonds. The zero-order chi connectivity index (χ0) is 20.3. The molecule has 0 fully saturated rings. The smallest absolute Gasteiger partial charge is 0.748 e. The molecular weight excluding hydrogens is 423 g/mol. The Hall–Kier alpha value is 1.38. The Labute approximate surface area is 207 Å². The van der Waals surface area contributed by atoms with Crippen LogP contribution in [0.4, 0.5) is 0 Å². The molecule has 0 bridgehead atoms. The molecule has 160 valence electrons. The van der Waals surface area contributed by atoms with Gasteiger partial charge in [0.15, 0.2) is 0 Å². The fourth-order valence-electron chi connectivity index (χ4n) is 2.04. The monoisotopic (exact) mass is 458 g/mol. The van der Waals surface area contributed by atoms with Crippen LogP contribution in [0, 0.1) is 0 Å². The molecule has 2 N–H and O–H groups in total. The topological polar surface area (TPSA) is 141 Å². The van der Waals surface area contributed by atoms with E-state index in [2.05, 4.69) is 11.1 Å². The molecule has 0 aliphatic heterocycles. The van der Waals surface area contributed by atoms with Crippen LogP contribution < -0.4 is 51.4 Å². The maximum absolute atomic E-state index is 11.3. The van der Waals surface area contributed by atoms with Crippen molar-refractivity contribution >= 4 is 20.2 Å². The molecule has 0 aromatic heterocycles. The number of aliphatic hydroxyl groups is 2. The third-order valence-corrected chi connectivity index (χ3v) is 5.64. The van der Waals surface area contributed by atoms with Crippen LogP contribution in [0.15, 0.2) is 0 Å². The van der Waals surface area contributed by atoms with Crippen molar-refractivity contribution in [2.75, 3.05) is 31.3 Å². The third-order valence-electron chi connectivity index (χ3n) is 3.44. The molecule has 0 radical (unpaired) electrons. The van der Waals surface area contributed by atoms with Crippen LogP contribution in [0.5, 0.6) is 0 Å². The molecule has 0 unspecified atom stereocenters. The Kier molecular flexibility index (Phi) is 27.0. The summed E-state index contributed by atoms with van der Waals surface area (Å²) in [5.41, 5.74) is 0. The summed E-state index contributed by atoms with van der Waals surface area (Å²) in [6.45, 7) is 2.00. The third kappa shape index (κ3) is 32.3. The van der Waals surface area contributed by atoms with Gasteiger partial charge in [0.25, 0.3) is 10.1 Å². The second kappa shape index (κ2) is 22.1. The van der Waals surface area contributed by atoms with Gasteiger partial charge >= 0.3 is 51.4 Å². The quantitative estimate of drug-likeness (QED) is 0.127. The van der Waals surface area contributed by atoms with Crippen LogP contribution in [-0.2, 0) is 24.4 Å². The molecule has 0 heterocycles.